The zero-order valence-electron chi connectivity index (χ0n) is 11.1. The number of nitrogens with one attached hydrogen (secondary N) is 2. The van der Waals surface area contributed by atoms with Crippen molar-refractivity contribution in [2.75, 3.05) is 13.1 Å². The minimum Gasteiger partial charge on any atom is -0.352 e. The molecule has 100 valence electrons. The fourth-order valence-corrected chi connectivity index (χ4v) is 1.97. The largest absolute Gasteiger partial charge is 0.352 e. The molecular weight excluding hydrogens is 238 g/mol. The maximum atomic E-state index is 11.7. The van der Waals surface area contributed by atoms with Gasteiger partial charge in [0, 0.05) is 31.1 Å². The van der Waals surface area contributed by atoms with Crippen molar-refractivity contribution < 1.29 is 4.79 Å². The Morgan fingerprint density at radius 1 is 1.26 bits per heavy atom. The number of benzene rings is 1. The van der Waals surface area contributed by atoms with E-state index in [9.17, 15) is 4.79 Å². The van der Waals surface area contributed by atoms with Gasteiger partial charge in [0.1, 0.15) is 0 Å². The maximum absolute atomic E-state index is 11.7. The van der Waals surface area contributed by atoms with E-state index in [1.807, 2.05) is 37.3 Å². The molecule has 19 heavy (non-hydrogen) atoms. The van der Waals surface area contributed by atoms with Crippen LogP contribution in [0.4, 0.5) is 0 Å². The van der Waals surface area contributed by atoms with Crippen molar-refractivity contribution in [1.82, 2.24) is 15.6 Å². The zero-order chi connectivity index (χ0) is 13.5. The summed E-state index contributed by atoms with van der Waals surface area (Å²) in [5.74, 6) is 0.0638. The summed E-state index contributed by atoms with van der Waals surface area (Å²) < 4.78 is 0. The molecule has 4 heteroatoms. The van der Waals surface area contributed by atoms with Gasteiger partial charge in [0.05, 0.1) is 5.52 Å². The van der Waals surface area contributed by atoms with Crippen LogP contribution in [0.15, 0.2) is 36.5 Å². The van der Waals surface area contributed by atoms with Gasteiger partial charge >= 0.3 is 0 Å². The SMILES string of the molecule is CCNCCC(=O)NCc1cccc2cccnc12. The molecule has 2 aromatic rings. The summed E-state index contributed by atoms with van der Waals surface area (Å²) in [4.78, 5) is 16.0. The third-order valence-corrected chi connectivity index (χ3v) is 2.97. The summed E-state index contributed by atoms with van der Waals surface area (Å²) in [6, 6.07) is 9.96. The van der Waals surface area contributed by atoms with Crippen LogP contribution in [0.3, 0.4) is 0 Å². The Morgan fingerprint density at radius 2 is 2.11 bits per heavy atom. The minimum absolute atomic E-state index is 0.0638. The van der Waals surface area contributed by atoms with Crippen LogP contribution in [0.1, 0.15) is 18.9 Å². The van der Waals surface area contributed by atoms with Gasteiger partial charge in [-0.2, -0.15) is 0 Å². The van der Waals surface area contributed by atoms with Gasteiger partial charge in [-0.3, -0.25) is 9.78 Å². The van der Waals surface area contributed by atoms with Gasteiger partial charge < -0.3 is 10.6 Å². The number of hydrogen-bond donors (Lipinski definition) is 2. The smallest absolute Gasteiger partial charge is 0.221 e. The highest BCUT2D eigenvalue weighted by Crippen LogP contribution is 2.15. The van der Waals surface area contributed by atoms with Crippen LogP contribution in [-0.4, -0.2) is 24.0 Å². The first-order valence-corrected chi connectivity index (χ1v) is 6.61. The van der Waals surface area contributed by atoms with E-state index in [2.05, 4.69) is 15.6 Å². The van der Waals surface area contributed by atoms with Gasteiger partial charge in [-0.05, 0) is 18.2 Å². The first kappa shape index (κ1) is 13.5. The molecule has 0 bridgehead atoms. The molecule has 1 aromatic carbocycles. The second-order valence-electron chi connectivity index (χ2n) is 4.37. The fraction of sp³-hybridized carbons (Fsp3) is 0.333. The first-order chi connectivity index (χ1) is 9.31. The average Bonchev–Trinajstić information content (AvgIpc) is 2.45. The molecule has 0 atom stereocenters. The van der Waals surface area contributed by atoms with E-state index in [4.69, 9.17) is 0 Å². The number of para-hydroxylation sites is 1. The van der Waals surface area contributed by atoms with Crippen LogP contribution < -0.4 is 10.6 Å². The quantitative estimate of drug-likeness (QED) is 0.777. The number of fused-ring (bicyclic) bond motifs is 1. The van der Waals surface area contributed by atoms with E-state index in [1.165, 1.54) is 0 Å². The van der Waals surface area contributed by atoms with Crippen LogP contribution in [-0.2, 0) is 11.3 Å². The number of pyridine rings is 1. The standard InChI is InChI=1S/C15H19N3O/c1-2-16-10-8-14(19)18-11-13-6-3-5-12-7-4-9-17-15(12)13/h3-7,9,16H,2,8,10-11H2,1H3,(H,18,19). The van der Waals surface area contributed by atoms with Crippen molar-refractivity contribution in [3.8, 4) is 0 Å². The van der Waals surface area contributed by atoms with Crippen molar-refractivity contribution in [2.24, 2.45) is 0 Å². The van der Waals surface area contributed by atoms with E-state index in [-0.39, 0.29) is 5.91 Å². The molecular formula is C15H19N3O. The molecule has 0 spiro atoms. The van der Waals surface area contributed by atoms with Crippen molar-refractivity contribution >= 4 is 16.8 Å². The molecule has 0 fully saturated rings. The van der Waals surface area contributed by atoms with Crippen molar-refractivity contribution in [1.29, 1.82) is 0 Å². The van der Waals surface area contributed by atoms with Gasteiger partial charge in [0.2, 0.25) is 5.91 Å². The Bertz CT molecular complexity index is 549. The Kier molecular flexibility index (Phi) is 4.86. The van der Waals surface area contributed by atoms with E-state index < -0.39 is 0 Å². The van der Waals surface area contributed by atoms with Crippen LogP contribution in [0.5, 0.6) is 0 Å². The Labute approximate surface area is 113 Å². The Balaban J connectivity index is 1.96. The number of carbonyl (C=O) groups excluding carboxylic acids is 1. The van der Waals surface area contributed by atoms with Crippen LogP contribution in [0.25, 0.3) is 10.9 Å². The highest BCUT2D eigenvalue weighted by atomic mass is 16.1. The highest BCUT2D eigenvalue weighted by Gasteiger charge is 2.04. The lowest BCUT2D eigenvalue weighted by Gasteiger charge is -2.08. The Hall–Kier alpha value is -1.94. The minimum atomic E-state index is 0.0638. The van der Waals surface area contributed by atoms with Crippen LogP contribution in [0.2, 0.25) is 0 Å². The molecule has 1 amide bonds. The number of rotatable bonds is 6. The lowest BCUT2D eigenvalue weighted by atomic mass is 10.1. The molecule has 1 aromatic heterocycles. The fourth-order valence-electron chi connectivity index (χ4n) is 1.97. The summed E-state index contributed by atoms with van der Waals surface area (Å²) in [6.45, 7) is 4.16. The lowest BCUT2D eigenvalue weighted by molar-refractivity contribution is -0.121. The average molecular weight is 257 g/mol. The Morgan fingerprint density at radius 3 is 2.95 bits per heavy atom. The van der Waals surface area contributed by atoms with Gasteiger partial charge in [0.15, 0.2) is 0 Å². The molecule has 0 aliphatic heterocycles. The number of hydrogen-bond acceptors (Lipinski definition) is 3. The highest BCUT2D eigenvalue weighted by molar-refractivity contribution is 5.82. The number of aromatic nitrogens is 1. The monoisotopic (exact) mass is 257 g/mol. The number of carbonyl (C=O) groups is 1. The summed E-state index contributed by atoms with van der Waals surface area (Å²) in [7, 11) is 0. The van der Waals surface area contributed by atoms with E-state index >= 15 is 0 Å². The van der Waals surface area contributed by atoms with Gasteiger partial charge in [-0.25, -0.2) is 0 Å². The van der Waals surface area contributed by atoms with Crippen molar-refractivity contribution in [2.45, 2.75) is 19.9 Å². The molecule has 0 aliphatic rings. The van der Waals surface area contributed by atoms with E-state index in [1.54, 1.807) is 6.20 Å². The molecule has 2 N–H and O–H groups in total. The number of nitrogens with zero attached hydrogens (tertiary/aromatic N) is 1. The summed E-state index contributed by atoms with van der Waals surface area (Å²) >= 11 is 0. The molecule has 2 rings (SSSR count). The molecule has 1 heterocycles. The predicted octanol–water partition coefficient (Wildman–Crippen LogP) is 1.85. The molecule has 0 aliphatic carbocycles. The maximum Gasteiger partial charge on any atom is 0.221 e. The second kappa shape index (κ2) is 6.85. The topological polar surface area (TPSA) is 54.0 Å². The van der Waals surface area contributed by atoms with Gasteiger partial charge in [0.25, 0.3) is 0 Å². The van der Waals surface area contributed by atoms with E-state index in [0.29, 0.717) is 13.0 Å². The molecule has 4 nitrogen and oxygen atoms in total. The summed E-state index contributed by atoms with van der Waals surface area (Å²) in [5, 5.41) is 7.16. The van der Waals surface area contributed by atoms with E-state index in [0.717, 1.165) is 29.6 Å². The molecule has 0 saturated carbocycles. The van der Waals surface area contributed by atoms with Gasteiger partial charge in [-0.1, -0.05) is 31.2 Å². The van der Waals surface area contributed by atoms with Crippen LogP contribution in [0, 0.1) is 0 Å². The molecule has 0 unspecified atom stereocenters. The first-order valence-electron chi connectivity index (χ1n) is 6.61. The second-order valence-corrected chi connectivity index (χ2v) is 4.37. The molecule has 0 saturated heterocycles. The van der Waals surface area contributed by atoms with Crippen molar-refractivity contribution in [3.05, 3.63) is 42.1 Å². The summed E-state index contributed by atoms with van der Waals surface area (Å²) in [6.07, 6.45) is 2.28. The predicted molar refractivity (Wildman–Crippen MR) is 76.8 cm³/mol. The third kappa shape index (κ3) is 3.76. The molecule has 0 radical (unpaired) electrons. The normalized spacial score (nSPS) is 10.6. The lowest BCUT2D eigenvalue weighted by Crippen LogP contribution is -2.27. The van der Waals surface area contributed by atoms with Crippen LogP contribution >= 0.6 is 0 Å². The summed E-state index contributed by atoms with van der Waals surface area (Å²) in [5.41, 5.74) is 2.01. The third-order valence-electron chi connectivity index (χ3n) is 2.97. The van der Waals surface area contributed by atoms with Gasteiger partial charge in [-0.15, -0.1) is 0 Å². The zero-order valence-corrected chi connectivity index (χ0v) is 11.1. The number of amides is 1. The van der Waals surface area contributed by atoms with Crippen molar-refractivity contribution in [3.63, 3.8) is 0 Å².